The molecule has 1 fully saturated rings. The molecule has 0 saturated heterocycles. The number of alkyl halides is 1. The van der Waals surface area contributed by atoms with Crippen LogP contribution in [0.2, 0.25) is 0 Å². The van der Waals surface area contributed by atoms with Gasteiger partial charge < -0.3 is 4.90 Å². The number of carbonyl (C=O) groups is 1. The zero-order valence-electron chi connectivity index (χ0n) is 8.42. The summed E-state index contributed by atoms with van der Waals surface area (Å²) in [6.45, 7) is 1.99. The molecule has 0 spiro atoms. The quantitative estimate of drug-likeness (QED) is 0.645. The van der Waals surface area contributed by atoms with E-state index in [1.54, 1.807) is 4.90 Å². The van der Waals surface area contributed by atoms with Crippen LogP contribution in [0.4, 0.5) is 0 Å². The van der Waals surface area contributed by atoms with Crippen LogP contribution in [-0.2, 0) is 4.79 Å². The van der Waals surface area contributed by atoms with E-state index in [-0.39, 0.29) is 17.9 Å². The van der Waals surface area contributed by atoms with Crippen LogP contribution in [0.25, 0.3) is 0 Å². The Hall–Kier alpha value is -0.240. The number of rotatable bonds is 3. The van der Waals surface area contributed by atoms with Crippen molar-refractivity contribution in [1.82, 2.24) is 4.90 Å². The number of hydrogen-bond donors (Lipinski definition) is 0. The molecule has 1 rings (SSSR count). The summed E-state index contributed by atoms with van der Waals surface area (Å²) in [6, 6.07) is 0.162. The van der Waals surface area contributed by atoms with E-state index in [2.05, 4.69) is 0 Å². The van der Waals surface area contributed by atoms with Crippen molar-refractivity contribution in [1.29, 1.82) is 0 Å². The van der Waals surface area contributed by atoms with Crippen LogP contribution >= 0.6 is 11.6 Å². The van der Waals surface area contributed by atoms with Gasteiger partial charge in [0.15, 0.2) is 0 Å². The van der Waals surface area contributed by atoms with Crippen LogP contribution in [0.3, 0.4) is 0 Å². The summed E-state index contributed by atoms with van der Waals surface area (Å²) < 4.78 is 0. The highest BCUT2D eigenvalue weighted by molar-refractivity contribution is 6.18. The van der Waals surface area contributed by atoms with E-state index in [0.717, 1.165) is 12.8 Å². The summed E-state index contributed by atoms with van der Waals surface area (Å²) in [5.74, 6) is 1.08. The SMILES string of the molecule is CC(CCl)N(C)C(=O)C1CCCC1. The molecule has 0 aliphatic heterocycles. The van der Waals surface area contributed by atoms with Gasteiger partial charge >= 0.3 is 0 Å². The van der Waals surface area contributed by atoms with Gasteiger partial charge in [0.1, 0.15) is 0 Å². The Kier molecular flexibility index (Phi) is 4.04. The van der Waals surface area contributed by atoms with Crippen molar-refractivity contribution in [2.75, 3.05) is 12.9 Å². The highest BCUT2D eigenvalue weighted by Gasteiger charge is 2.27. The van der Waals surface area contributed by atoms with Gasteiger partial charge in [-0.05, 0) is 19.8 Å². The predicted molar refractivity (Wildman–Crippen MR) is 54.9 cm³/mol. The number of halogens is 1. The first kappa shape index (κ1) is 10.8. The van der Waals surface area contributed by atoms with E-state index in [1.165, 1.54) is 12.8 Å². The van der Waals surface area contributed by atoms with Crippen LogP contribution in [0.15, 0.2) is 0 Å². The van der Waals surface area contributed by atoms with Crippen molar-refractivity contribution < 1.29 is 4.79 Å². The first-order valence-electron chi connectivity index (χ1n) is 4.99. The minimum atomic E-state index is 0.162. The molecule has 0 heterocycles. The first-order chi connectivity index (χ1) is 6.16. The minimum Gasteiger partial charge on any atom is -0.342 e. The smallest absolute Gasteiger partial charge is 0.225 e. The van der Waals surface area contributed by atoms with Crippen LogP contribution in [0.1, 0.15) is 32.6 Å². The number of carbonyl (C=O) groups excluding carboxylic acids is 1. The lowest BCUT2D eigenvalue weighted by molar-refractivity contribution is -0.135. The van der Waals surface area contributed by atoms with Gasteiger partial charge in [0, 0.05) is 24.9 Å². The maximum absolute atomic E-state index is 11.8. The van der Waals surface area contributed by atoms with E-state index in [9.17, 15) is 4.79 Å². The van der Waals surface area contributed by atoms with Gasteiger partial charge in [-0.1, -0.05) is 12.8 Å². The molecule has 0 bridgehead atoms. The van der Waals surface area contributed by atoms with Crippen molar-refractivity contribution in [3.63, 3.8) is 0 Å². The zero-order valence-corrected chi connectivity index (χ0v) is 9.18. The Balaban J connectivity index is 2.45. The van der Waals surface area contributed by atoms with Gasteiger partial charge in [0.05, 0.1) is 0 Å². The number of nitrogens with zero attached hydrogens (tertiary/aromatic N) is 1. The molecule has 0 aromatic heterocycles. The van der Waals surface area contributed by atoms with E-state index < -0.39 is 0 Å². The van der Waals surface area contributed by atoms with Crippen LogP contribution in [0.5, 0.6) is 0 Å². The van der Waals surface area contributed by atoms with E-state index in [1.807, 2.05) is 14.0 Å². The lowest BCUT2D eigenvalue weighted by Gasteiger charge is -2.25. The molecule has 1 unspecified atom stereocenters. The van der Waals surface area contributed by atoms with Gasteiger partial charge in [-0.2, -0.15) is 0 Å². The third kappa shape index (κ3) is 2.60. The minimum absolute atomic E-state index is 0.162. The summed E-state index contributed by atoms with van der Waals surface area (Å²) in [6.07, 6.45) is 4.55. The largest absolute Gasteiger partial charge is 0.342 e. The van der Waals surface area contributed by atoms with Crippen molar-refractivity contribution in [2.24, 2.45) is 5.92 Å². The fourth-order valence-corrected chi connectivity index (χ4v) is 1.99. The molecule has 2 nitrogen and oxygen atoms in total. The molecule has 0 aromatic rings. The monoisotopic (exact) mass is 203 g/mol. The van der Waals surface area contributed by atoms with Gasteiger partial charge in [-0.15, -0.1) is 11.6 Å². The summed E-state index contributed by atoms with van der Waals surface area (Å²) in [7, 11) is 1.85. The third-order valence-electron chi connectivity index (χ3n) is 2.94. The van der Waals surface area contributed by atoms with Gasteiger partial charge in [-0.25, -0.2) is 0 Å². The summed E-state index contributed by atoms with van der Waals surface area (Å²) in [5.41, 5.74) is 0. The molecule has 1 atom stereocenters. The zero-order chi connectivity index (χ0) is 9.84. The van der Waals surface area contributed by atoms with E-state index >= 15 is 0 Å². The molecule has 13 heavy (non-hydrogen) atoms. The van der Waals surface area contributed by atoms with E-state index in [4.69, 9.17) is 11.6 Å². The fraction of sp³-hybridized carbons (Fsp3) is 0.900. The normalized spacial score (nSPS) is 20.2. The highest BCUT2D eigenvalue weighted by atomic mass is 35.5. The number of hydrogen-bond acceptors (Lipinski definition) is 1. The molecule has 1 saturated carbocycles. The Bertz CT molecular complexity index is 178. The summed E-state index contributed by atoms with van der Waals surface area (Å²) >= 11 is 5.70. The lowest BCUT2D eigenvalue weighted by atomic mass is 10.1. The Labute approximate surface area is 85.2 Å². The molecule has 0 aromatic carbocycles. The van der Waals surface area contributed by atoms with Gasteiger partial charge in [0.2, 0.25) is 5.91 Å². The summed E-state index contributed by atoms with van der Waals surface area (Å²) in [5, 5.41) is 0. The fourth-order valence-electron chi connectivity index (χ4n) is 1.78. The molecular formula is C10H18ClNO. The molecule has 1 aliphatic rings. The van der Waals surface area contributed by atoms with Crippen molar-refractivity contribution in [3.8, 4) is 0 Å². The molecule has 1 amide bonds. The Morgan fingerprint density at radius 3 is 2.54 bits per heavy atom. The molecular weight excluding hydrogens is 186 g/mol. The lowest BCUT2D eigenvalue weighted by Crippen LogP contribution is -2.39. The Morgan fingerprint density at radius 2 is 2.08 bits per heavy atom. The first-order valence-corrected chi connectivity index (χ1v) is 5.53. The second-order valence-corrected chi connectivity index (χ2v) is 4.24. The van der Waals surface area contributed by atoms with Crippen LogP contribution in [0, 0.1) is 5.92 Å². The van der Waals surface area contributed by atoms with Crippen molar-refractivity contribution >= 4 is 17.5 Å². The maximum Gasteiger partial charge on any atom is 0.225 e. The molecule has 1 aliphatic carbocycles. The number of amides is 1. The molecule has 3 heteroatoms. The third-order valence-corrected chi connectivity index (χ3v) is 3.38. The molecule has 0 radical (unpaired) electrons. The van der Waals surface area contributed by atoms with Crippen molar-refractivity contribution in [2.45, 2.75) is 38.6 Å². The van der Waals surface area contributed by atoms with Crippen molar-refractivity contribution in [3.05, 3.63) is 0 Å². The van der Waals surface area contributed by atoms with Crippen LogP contribution < -0.4 is 0 Å². The Morgan fingerprint density at radius 1 is 1.54 bits per heavy atom. The maximum atomic E-state index is 11.8. The molecule has 0 N–H and O–H groups in total. The standard InChI is InChI=1S/C10H18ClNO/c1-8(7-11)12(2)10(13)9-5-3-4-6-9/h8-9H,3-7H2,1-2H3. The second-order valence-electron chi connectivity index (χ2n) is 3.93. The topological polar surface area (TPSA) is 20.3 Å². The summed E-state index contributed by atoms with van der Waals surface area (Å²) in [4.78, 5) is 13.6. The average molecular weight is 204 g/mol. The van der Waals surface area contributed by atoms with Gasteiger partial charge in [0.25, 0.3) is 0 Å². The predicted octanol–water partition coefficient (Wildman–Crippen LogP) is 2.26. The molecule has 76 valence electrons. The average Bonchev–Trinajstić information content (AvgIpc) is 2.67. The second kappa shape index (κ2) is 4.85. The van der Waals surface area contributed by atoms with Crippen LogP contribution in [-0.4, -0.2) is 29.8 Å². The van der Waals surface area contributed by atoms with E-state index in [0.29, 0.717) is 5.88 Å². The highest BCUT2D eigenvalue weighted by Crippen LogP contribution is 2.26. The van der Waals surface area contributed by atoms with Gasteiger partial charge in [-0.3, -0.25) is 4.79 Å².